The van der Waals surface area contributed by atoms with Crippen LogP contribution in [0.4, 0.5) is 17.3 Å². The van der Waals surface area contributed by atoms with Gasteiger partial charge in [0.15, 0.2) is 0 Å². The van der Waals surface area contributed by atoms with Crippen LogP contribution in [0.2, 0.25) is 0 Å². The monoisotopic (exact) mass is 387 g/mol. The summed E-state index contributed by atoms with van der Waals surface area (Å²) in [7, 11) is 0. The van der Waals surface area contributed by atoms with Crippen molar-refractivity contribution in [1.29, 1.82) is 0 Å². The number of nitrogens with zero attached hydrogens (tertiary/aromatic N) is 4. The zero-order valence-corrected chi connectivity index (χ0v) is 16.8. The predicted octanol–water partition coefficient (Wildman–Crippen LogP) is 3.67. The highest BCUT2D eigenvalue weighted by Crippen LogP contribution is 2.19. The average Bonchev–Trinajstić information content (AvgIpc) is 2.74. The van der Waals surface area contributed by atoms with Crippen LogP contribution in [0.1, 0.15) is 21.7 Å². The lowest BCUT2D eigenvalue weighted by molar-refractivity contribution is 0.102. The van der Waals surface area contributed by atoms with Crippen LogP contribution in [0.3, 0.4) is 0 Å². The van der Waals surface area contributed by atoms with Crippen LogP contribution in [0.15, 0.2) is 60.7 Å². The molecule has 0 radical (unpaired) electrons. The molecule has 6 heteroatoms. The van der Waals surface area contributed by atoms with Gasteiger partial charge in [-0.2, -0.15) is 0 Å². The molecule has 1 amide bonds. The van der Waals surface area contributed by atoms with E-state index in [1.807, 2.05) is 44.2 Å². The summed E-state index contributed by atoms with van der Waals surface area (Å²) in [6, 6.07) is 19.9. The van der Waals surface area contributed by atoms with Crippen molar-refractivity contribution in [2.24, 2.45) is 0 Å². The van der Waals surface area contributed by atoms with E-state index in [0.717, 1.165) is 43.1 Å². The zero-order chi connectivity index (χ0) is 20.2. The lowest BCUT2D eigenvalue weighted by atomic mass is 10.2. The van der Waals surface area contributed by atoms with Crippen molar-refractivity contribution in [1.82, 2.24) is 9.97 Å². The number of carbonyl (C=O) groups is 1. The van der Waals surface area contributed by atoms with E-state index in [1.165, 1.54) is 5.69 Å². The maximum atomic E-state index is 12.7. The molecule has 1 aromatic heterocycles. The summed E-state index contributed by atoms with van der Waals surface area (Å²) in [4.78, 5) is 26.4. The van der Waals surface area contributed by atoms with Gasteiger partial charge in [0.2, 0.25) is 5.95 Å². The molecule has 0 spiro atoms. The third kappa shape index (κ3) is 4.54. The van der Waals surface area contributed by atoms with Gasteiger partial charge in [-0.3, -0.25) is 4.79 Å². The first-order valence-corrected chi connectivity index (χ1v) is 9.87. The quantitative estimate of drug-likeness (QED) is 0.740. The number of hydrogen-bond acceptors (Lipinski definition) is 5. The molecule has 0 unspecified atom stereocenters. The van der Waals surface area contributed by atoms with Gasteiger partial charge in [-0.05, 0) is 49.7 Å². The highest BCUT2D eigenvalue weighted by molar-refractivity contribution is 6.03. The molecule has 148 valence electrons. The molecule has 3 aromatic rings. The van der Waals surface area contributed by atoms with Gasteiger partial charge in [0.25, 0.3) is 5.91 Å². The number of carbonyl (C=O) groups excluding carboxylic acids is 1. The summed E-state index contributed by atoms with van der Waals surface area (Å²) < 4.78 is 0. The maximum absolute atomic E-state index is 12.7. The van der Waals surface area contributed by atoms with Crippen LogP contribution < -0.4 is 15.1 Å². The predicted molar refractivity (Wildman–Crippen MR) is 117 cm³/mol. The second-order valence-electron chi connectivity index (χ2n) is 7.33. The number of nitrogens with one attached hydrogen (secondary N) is 1. The summed E-state index contributed by atoms with van der Waals surface area (Å²) in [6.45, 7) is 7.32. The van der Waals surface area contributed by atoms with E-state index in [-0.39, 0.29) is 5.91 Å². The number of rotatable bonds is 4. The Kier molecular flexibility index (Phi) is 5.42. The third-order valence-electron chi connectivity index (χ3n) is 5.03. The van der Waals surface area contributed by atoms with E-state index in [4.69, 9.17) is 0 Å². The molecule has 1 N–H and O–H groups in total. The van der Waals surface area contributed by atoms with Crippen molar-refractivity contribution in [3.63, 3.8) is 0 Å². The second kappa shape index (κ2) is 8.31. The Labute approximate surface area is 171 Å². The zero-order valence-electron chi connectivity index (χ0n) is 16.8. The Bertz CT molecular complexity index is 997. The van der Waals surface area contributed by atoms with Crippen molar-refractivity contribution in [3.05, 3.63) is 77.6 Å². The number of aromatic nitrogens is 2. The normalized spacial score (nSPS) is 14.0. The van der Waals surface area contributed by atoms with Gasteiger partial charge >= 0.3 is 0 Å². The SMILES string of the molecule is Cc1cccc(NC(=O)c2cc(C)nc(N3CCN(c4ccccc4)CC3)n2)c1. The molecule has 2 aromatic carbocycles. The Morgan fingerprint density at radius 2 is 1.59 bits per heavy atom. The molecule has 1 fully saturated rings. The lowest BCUT2D eigenvalue weighted by Crippen LogP contribution is -2.47. The van der Waals surface area contributed by atoms with Gasteiger partial charge in [-0.25, -0.2) is 9.97 Å². The van der Waals surface area contributed by atoms with E-state index < -0.39 is 0 Å². The summed E-state index contributed by atoms with van der Waals surface area (Å²) in [5.41, 5.74) is 4.27. The molecule has 0 atom stereocenters. The Morgan fingerprint density at radius 3 is 2.31 bits per heavy atom. The van der Waals surface area contributed by atoms with Gasteiger partial charge in [-0.1, -0.05) is 30.3 Å². The molecule has 1 saturated heterocycles. The number of para-hydroxylation sites is 1. The molecule has 29 heavy (non-hydrogen) atoms. The first kappa shape index (κ1) is 18.9. The minimum absolute atomic E-state index is 0.217. The van der Waals surface area contributed by atoms with Crippen LogP contribution in [0, 0.1) is 13.8 Å². The molecule has 0 saturated carbocycles. The Balaban J connectivity index is 1.46. The largest absolute Gasteiger partial charge is 0.368 e. The summed E-state index contributed by atoms with van der Waals surface area (Å²) in [5.74, 6) is 0.400. The highest BCUT2D eigenvalue weighted by atomic mass is 16.1. The Morgan fingerprint density at radius 1 is 0.862 bits per heavy atom. The number of amides is 1. The van der Waals surface area contributed by atoms with Crippen molar-refractivity contribution in [2.45, 2.75) is 13.8 Å². The highest BCUT2D eigenvalue weighted by Gasteiger charge is 2.21. The molecule has 4 rings (SSSR count). The van der Waals surface area contributed by atoms with Crippen molar-refractivity contribution >= 4 is 23.2 Å². The summed E-state index contributed by atoms with van der Waals surface area (Å²) >= 11 is 0. The number of aryl methyl sites for hydroxylation is 2. The summed E-state index contributed by atoms with van der Waals surface area (Å²) in [5, 5.41) is 2.93. The third-order valence-corrected chi connectivity index (χ3v) is 5.03. The van der Waals surface area contributed by atoms with E-state index >= 15 is 0 Å². The van der Waals surface area contributed by atoms with Crippen LogP contribution in [-0.2, 0) is 0 Å². The molecule has 0 bridgehead atoms. The van der Waals surface area contributed by atoms with Crippen LogP contribution >= 0.6 is 0 Å². The molecule has 0 aliphatic carbocycles. The van der Waals surface area contributed by atoms with E-state index in [0.29, 0.717) is 11.6 Å². The van der Waals surface area contributed by atoms with Gasteiger partial charge in [-0.15, -0.1) is 0 Å². The average molecular weight is 387 g/mol. The minimum atomic E-state index is -0.217. The first-order valence-electron chi connectivity index (χ1n) is 9.87. The van der Waals surface area contributed by atoms with Gasteiger partial charge in [0.05, 0.1) is 0 Å². The maximum Gasteiger partial charge on any atom is 0.274 e. The molecule has 1 aliphatic heterocycles. The van der Waals surface area contributed by atoms with Gasteiger partial charge < -0.3 is 15.1 Å². The second-order valence-corrected chi connectivity index (χ2v) is 7.33. The number of hydrogen-bond donors (Lipinski definition) is 1. The fourth-order valence-electron chi connectivity index (χ4n) is 3.53. The molecule has 6 nitrogen and oxygen atoms in total. The molecule has 2 heterocycles. The molecular weight excluding hydrogens is 362 g/mol. The Hall–Kier alpha value is -3.41. The fourth-order valence-corrected chi connectivity index (χ4v) is 3.53. The topological polar surface area (TPSA) is 61.4 Å². The van der Waals surface area contributed by atoms with E-state index in [1.54, 1.807) is 6.07 Å². The van der Waals surface area contributed by atoms with E-state index in [2.05, 4.69) is 49.4 Å². The number of anilines is 3. The van der Waals surface area contributed by atoms with Gasteiger partial charge in [0.1, 0.15) is 5.69 Å². The molecule has 1 aliphatic rings. The number of piperazine rings is 1. The van der Waals surface area contributed by atoms with Crippen LogP contribution in [0.5, 0.6) is 0 Å². The van der Waals surface area contributed by atoms with Crippen LogP contribution in [-0.4, -0.2) is 42.1 Å². The van der Waals surface area contributed by atoms with Gasteiger partial charge in [0, 0.05) is 43.2 Å². The summed E-state index contributed by atoms with van der Waals surface area (Å²) in [6.07, 6.45) is 0. The van der Waals surface area contributed by atoms with Crippen molar-refractivity contribution < 1.29 is 4.79 Å². The van der Waals surface area contributed by atoms with E-state index in [9.17, 15) is 4.79 Å². The number of benzene rings is 2. The standard InChI is InChI=1S/C23H25N5O/c1-17-7-6-8-19(15-17)25-22(29)21-16-18(2)24-23(26-21)28-13-11-27(12-14-28)20-9-4-3-5-10-20/h3-10,15-16H,11-14H2,1-2H3,(H,25,29). The van der Waals surface area contributed by atoms with Crippen molar-refractivity contribution in [3.8, 4) is 0 Å². The molecular formula is C23H25N5O. The smallest absolute Gasteiger partial charge is 0.274 e. The van der Waals surface area contributed by atoms with Crippen LogP contribution in [0.25, 0.3) is 0 Å². The first-order chi connectivity index (χ1) is 14.1. The fraction of sp³-hybridized carbons (Fsp3) is 0.261. The minimum Gasteiger partial charge on any atom is -0.368 e. The lowest BCUT2D eigenvalue weighted by Gasteiger charge is -2.36. The van der Waals surface area contributed by atoms with Crippen molar-refractivity contribution in [2.75, 3.05) is 41.3 Å².